The van der Waals surface area contributed by atoms with Crippen molar-refractivity contribution in [3.63, 3.8) is 0 Å². The van der Waals surface area contributed by atoms with Gasteiger partial charge in [-0.05, 0) is 48.9 Å². The molecule has 1 saturated heterocycles. The summed E-state index contributed by atoms with van der Waals surface area (Å²) in [4.78, 5) is 5.67. The van der Waals surface area contributed by atoms with Crippen LogP contribution in [0.25, 0.3) is 10.7 Å². The van der Waals surface area contributed by atoms with Gasteiger partial charge in [-0.2, -0.15) is 9.29 Å². The Morgan fingerprint density at radius 2 is 2.15 bits per heavy atom. The van der Waals surface area contributed by atoms with Crippen molar-refractivity contribution in [2.45, 2.75) is 30.6 Å². The van der Waals surface area contributed by atoms with Gasteiger partial charge < -0.3 is 4.52 Å². The predicted molar refractivity (Wildman–Crippen MR) is 105 cm³/mol. The second-order valence-corrected chi connectivity index (χ2v) is 9.76. The third-order valence-corrected chi connectivity index (χ3v) is 8.04. The second-order valence-electron chi connectivity index (χ2n) is 6.50. The van der Waals surface area contributed by atoms with E-state index in [0.717, 1.165) is 17.7 Å². The van der Waals surface area contributed by atoms with Crippen LogP contribution in [0.4, 0.5) is 0 Å². The van der Waals surface area contributed by atoms with E-state index >= 15 is 0 Å². The second kappa shape index (κ2) is 7.35. The van der Waals surface area contributed by atoms with E-state index in [9.17, 15) is 8.42 Å². The van der Waals surface area contributed by atoms with Crippen LogP contribution in [0.2, 0.25) is 5.02 Å². The fourth-order valence-corrected chi connectivity index (χ4v) is 5.93. The zero-order valence-corrected chi connectivity index (χ0v) is 17.0. The summed E-state index contributed by atoms with van der Waals surface area (Å²) in [5.41, 5.74) is 0.569. The first kappa shape index (κ1) is 18.6. The summed E-state index contributed by atoms with van der Waals surface area (Å²) in [5, 5.41) is 6.44. The van der Waals surface area contributed by atoms with Gasteiger partial charge in [0.2, 0.25) is 21.7 Å². The molecule has 0 saturated carbocycles. The fourth-order valence-electron chi connectivity index (χ4n) is 3.28. The van der Waals surface area contributed by atoms with Gasteiger partial charge in [0.1, 0.15) is 0 Å². The Balaban J connectivity index is 1.59. The van der Waals surface area contributed by atoms with Crippen LogP contribution in [0, 0.1) is 6.92 Å². The van der Waals surface area contributed by atoms with Crippen LogP contribution in [0.15, 0.2) is 45.1 Å². The van der Waals surface area contributed by atoms with E-state index in [-0.39, 0.29) is 10.8 Å². The molecule has 0 spiro atoms. The Kier molecular flexibility index (Phi) is 5.07. The zero-order chi connectivity index (χ0) is 19.0. The van der Waals surface area contributed by atoms with Crippen molar-refractivity contribution in [2.24, 2.45) is 0 Å². The van der Waals surface area contributed by atoms with E-state index in [4.69, 9.17) is 16.1 Å². The third kappa shape index (κ3) is 3.54. The molecule has 1 aliphatic rings. The minimum atomic E-state index is -3.63. The summed E-state index contributed by atoms with van der Waals surface area (Å²) in [5.74, 6) is 0.918. The molecule has 1 aliphatic heterocycles. The van der Waals surface area contributed by atoms with E-state index in [1.165, 1.54) is 15.6 Å². The molecule has 1 aromatic carbocycles. The van der Waals surface area contributed by atoms with Gasteiger partial charge in [0.05, 0.1) is 15.7 Å². The van der Waals surface area contributed by atoms with Crippen molar-refractivity contribution in [2.75, 3.05) is 13.1 Å². The summed E-state index contributed by atoms with van der Waals surface area (Å²) in [6, 6.07) is 8.81. The summed E-state index contributed by atoms with van der Waals surface area (Å²) in [6.45, 7) is 2.51. The minimum Gasteiger partial charge on any atom is -0.339 e. The zero-order valence-electron chi connectivity index (χ0n) is 14.6. The van der Waals surface area contributed by atoms with Gasteiger partial charge in [-0.15, -0.1) is 11.3 Å². The van der Waals surface area contributed by atoms with Crippen LogP contribution in [-0.4, -0.2) is 36.0 Å². The predicted octanol–water partition coefficient (Wildman–Crippen LogP) is 4.33. The molecule has 0 unspecified atom stereocenters. The number of rotatable bonds is 4. The molecule has 3 aromatic rings. The van der Waals surface area contributed by atoms with Gasteiger partial charge in [-0.3, -0.25) is 0 Å². The van der Waals surface area contributed by atoms with Crippen LogP contribution in [0.5, 0.6) is 0 Å². The van der Waals surface area contributed by atoms with E-state index < -0.39 is 10.0 Å². The molecule has 0 aliphatic carbocycles. The van der Waals surface area contributed by atoms with Gasteiger partial charge in [-0.25, -0.2) is 8.42 Å². The van der Waals surface area contributed by atoms with Crippen molar-refractivity contribution >= 4 is 33.0 Å². The first-order valence-electron chi connectivity index (χ1n) is 8.59. The lowest BCUT2D eigenvalue weighted by Crippen LogP contribution is -2.39. The first-order chi connectivity index (χ1) is 13.0. The highest BCUT2D eigenvalue weighted by molar-refractivity contribution is 7.89. The van der Waals surface area contributed by atoms with Crippen LogP contribution in [0.3, 0.4) is 0 Å². The van der Waals surface area contributed by atoms with Gasteiger partial charge in [0.15, 0.2) is 0 Å². The number of piperidine rings is 1. The number of hydrogen-bond acceptors (Lipinski definition) is 6. The van der Waals surface area contributed by atoms with Crippen molar-refractivity contribution in [3.05, 3.63) is 52.2 Å². The largest absolute Gasteiger partial charge is 0.339 e. The quantitative estimate of drug-likeness (QED) is 0.624. The lowest BCUT2D eigenvalue weighted by molar-refractivity contribution is 0.265. The number of aromatic nitrogens is 2. The van der Waals surface area contributed by atoms with E-state index in [2.05, 4.69) is 10.1 Å². The van der Waals surface area contributed by atoms with Gasteiger partial charge in [0, 0.05) is 18.1 Å². The molecule has 9 heteroatoms. The van der Waals surface area contributed by atoms with E-state index in [1.54, 1.807) is 25.1 Å². The molecule has 0 radical (unpaired) electrons. The Morgan fingerprint density at radius 3 is 2.93 bits per heavy atom. The van der Waals surface area contributed by atoms with E-state index in [0.29, 0.717) is 35.4 Å². The summed E-state index contributed by atoms with van der Waals surface area (Å²) < 4.78 is 33.2. The number of thiophene rings is 1. The lowest BCUT2D eigenvalue weighted by Gasteiger charge is -2.30. The normalized spacial score (nSPS) is 18.7. The molecule has 142 valence electrons. The first-order valence-corrected chi connectivity index (χ1v) is 11.3. The Bertz CT molecular complexity index is 1050. The average Bonchev–Trinajstić information content (AvgIpc) is 3.35. The fraction of sp³-hybridized carbons (Fsp3) is 0.333. The molecule has 3 heterocycles. The summed E-state index contributed by atoms with van der Waals surface area (Å²) >= 11 is 7.66. The van der Waals surface area contributed by atoms with Crippen molar-refractivity contribution in [1.82, 2.24) is 14.4 Å². The maximum Gasteiger partial charge on any atom is 0.243 e. The molecule has 1 atom stereocenters. The minimum absolute atomic E-state index is 0.116. The lowest BCUT2D eigenvalue weighted by atomic mass is 10.00. The average molecular weight is 424 g/mol. The highest BCUT2D eigenvalue weighted by Crippen LogP contribution is 2.33. The Labute approximate surface area is 166 Å². The van der Waals surface area contributed by atoms with Crippen LogP contribution in [0.1, 0.15) is 30.2 Å². The van der Waals surface area contributed by atoms with Crippen LogP contribution < -0.4 is 0 Å². The Morgan fingerprint density at radius 1 is 1.30 bits per heavy atom. The molecular formula is C18H18ClN3O3S2. The molecule has 2 aromatic heterocycles. The number of benzene rings is 1. The molecule has 27 heavy (non-hydrogen) atoms. The molecular weight excluding hydrogens is 406 g/mol. The van der Waals surface area contributed by atoms with E-state index in [1.807, 2.05) is 17.5 Å². The third-order valence-electron chi connectivity index (χ3n) is 4.75. The molecule has 0 N–H and O–H groups in total. The van der Waals surface area contributed by atoms with Gasteiger partial charge >= 0.3 is 0 Å². The monoisotopic (exact) mass is 423 g/mol. The number of halogens is 1. The van der Waals surface area contributed by atoms with Gasteiger partial charge in [0.25, 0.3) is 0 Å². The molecule has 0 bridgehead atoms. The SMILES string of the molecule is Cc1c(Cl)cccc1S(=O)(=O)N1CCC[C@H](c2nc(-c3cccs3)no2)C1. The molecule has 0 amide bonds. The maximum atomic E-state index is 13.1. The highest BCUT2D eigenvalue weighted by Gasteiger charge is 2.34. The topological polar surface area (TPSA) is 76.3 Å². The molecule has 1 fully saturated rings. The van der Waals surface area contributed by atoms with Crippen molar-refractivity contribution in [3.8, 4) is 10.7 Å². The molecule has 6 nitrogen and oxygen atoms in total. The number of nitrogens with zero attached hydrogens (tertiary/aromatic N) is 3. The van der Waals surface area contributed by atoms with Crippen molar-refractivity contribution in [1.29, 1.82) is 0 Å². The van der Waals surface area contributed by atoms with Crippen LogP contribution >= 0.6 is 22.9 Å². The maximum absolute atomic E-state index is 13.1. The summed E-state index contributed by atoms with van der Waals surface area (Å²) in [7, 11) is -3.63. The van der Waals surface area contributed by atoms with Crippen molar-refractivity contribution < 1.29 is 12.9 Å². The number of sulfonamides is 1. The van der Waals surface area contributed by atoms with Gasteiger partial charge in [-0.1, -0.05) is 28.9 Å². The number of hydrogen-bond donors (Lipinski definition) is 0. The smallest absolute Gasteiger partial charge is 0.243 e. The highest BCUT2D eigenvalue weighted by atomic mass is 35.5. The van der Waals surface area contributed by atoms with Crippen LogP contribution in [-0.2, 0) is 10.0 Å². The summed E-state index contributed by atoms with van der Waals surface area (Å²) in [6.07, 6.45) is 1.55. The standard InChI is InChI=1S/C18H18ClN3O3S2/c1-12-14(19)6-2-8-16(12)27(23,24)22-9-3-5-13(11-22)18-20-17(21-25-18)15-7-4-10-26-15/h2,4,6-8,10,13H,3,5,9,11H2,1H3/t13-/m0/s1. The Hall–Kier alpha value is -1.74. The molecule has 4 rings (SSSR count).